The van der Waals surface area contributed by atoms with Gasteiger partial charge in [-0.05, 0) is 32.3 Å². The van der Waals surface area contributed by atoms with Gasteiger partial charge in [-0.3, -0.25) is 15.0 Å². The van der Waals surface area contributed by atoms with Crippen molar-refractivity contribution in [3.63, 3.8) is 0 Å². The fourth-order valence-electron chi connectivity index (χ4n) is 3.58. The molecule has 2 atom stereocenters. The number of likely N-dealkylation sites (N-methyl/N-ethyl adjacent to an activating group) is 1. The molecule has 0 bridgehead atoms. The number of hydrazine groups is 1. The zero-order chi connectivity index (χ0) is 21.6. The highest BCUT2D eigenvalue weighted by Crippen LogP contribution is 2.22. The Morgan fingerprint density at radius 3 is 2.23 bits per heavy atom. The van der Waals surface area contributed by atoms with Crippen LogP contribution < -0.4 is 15.6 Å². The second kappa shape index (κ2) is 9.54. The molecule has 158 valence electrons. The smallest absolute Gasteiger partial charge is 0.324 e. The number of carbonyl (C=O) groups excluding carboxylic acids is 3. The topological polar surface area (TPSA) is 82.9 Å². The van der Waals surface area contributed by atoms with Gasteiger partial charge in [0.1, 0.15) is 12.1 Å². The molecule has 3 N–H and O–H groups in total. The SMILES string of the molecule is CC[NH+](CC(=O)NN1C(=O)N[C@](C)(CCc2ccccc2)C1=O)Cc1ccccc1. The molecule has 30 heavy (non-hydrogen) atoms. The lowest BCUT2D eigenvalue weighted by molar-refractivity contribution is -0.904. The number of rotatable bonds is 9. The minimum atomic E-state index is -1.04. The summed E-state index contributed by atoms with van der Waals surface area (Å²) < 4.78 is 0. The van der Waals surface area contributed by atoms with E-state index in [1.807, 2.05) is 67.6 Å². The molecule has 0 aromatic heterocycles. The summed E-state index contributed by atoms with van der Waals surface area (Å²) in [7, 11) is 0. The number of urea groups is 1. The summed E-state index contributed by atoms with van der Waals surface area (Å²) in [6.07, 6.45) is 1.10. The Morgan fingerprint density at radius 2 is 1.63 bits per heavy atom. The van der Waals surface area contributed by atoms with Crippen molar-refractivity contribution in [2.24, 2.45) is 0 Å². The molecule has 1 unspecified atom stereocenters. The van der Waals surface area contributed by atoms with Crippen molar-refractivity contribution in [3.8, 4) is 0 Å². The van der Waals surface area contributed by atoms with E-state index in [1.165, 1.54) is 0 Å². The van der Waals surface area contributed by atoms with Crippen molar-refractivity contribution >= 4 is 17.8 Å². The Morgan fingerprint density at radius 1 is 1.03 bits per heavy atom. The van der Waals surface area contributed by atoms with Crippen LogP contribution in [0.1, 0.15) is 31.4 Å². The molecule has 3 rings (SSSR count). The molecule has 0 saturated carbocycles. The number of benzene rings is 2. The van der Waals surface area contributed by atoms with Gasteiger partial charge in [-0.2, -0.15) is 5.01 Å². The van der Waals surface area contributed by atoms with Crippen molar-refractivity contribution in [1.29, 1.82) is 0 Å². The number of carbonyl (C=O) groups is 3. The zero-order valence-electron chi connectivity index (χ0n) is 17.5. The Balaban J connectivity index is 1.56. The largest absolute Gasteiger partial charge is 0.344 e. The molecule has 1 aliphatic rings. The van der Waals surface area contributed by atoms with Crippen LogP contribution in [0.5, 0.6) is 0 Å². The second-order valence-corrected chi connectivity index (χ2v) is 7.87. The maximum Gasteiger partial charge on any atom is 0.344 e. The van der Waals surface area contributed by atoms with Gasteiger partial charge in [-0.25, -0.2) is 4.79 Å². The van der Waals surface area contributed by atoms with Crippen LogP contribution in [0.3, 0.4) is 0 Å². The van der Waals surface area contributed by atoms with Gasteiger partial charge >= 0.3 is 6.03 Å². The van der Waals surface area contributed by atoms with E-state index in [4.69, 9.17) is 0 Å². The quantitative estimate of drug-likeness (QED) is 0.542. The number of aryl methyl sites for hydroxylation is 1. The minimum absolute atomic E-state index is 0.170. The summed E-state index contributed by atoms with van der Waals surface area (Å²) in [5, 5.41) is 3.55. The molecule has 0 aliphatic carbocycles. The average molecular weight is 410 g/mol. The average Bonchev–Trinajstić information content (AvgIpc) is 2.96. The molecular formula is C23H29N4O3+. The fourth-order valence-corrected chi connectivity index (χ4v) is 3.58. The highest BCUT2D eigenvalue weighted by molar-refractivity contribution is 6.07. The van der Waals surface area contributed by atoms with Crippen molar-refractivity contribution in [3.05, 3.63) is 71.8 Å². The Hall–Kier alpha value is -3.19. The molecular weight excluding hydrogens is 380 g/mol. The second-order valence-electron chi connectivity index (χ2n) is 7.87. The number of nitrogens with one attached hydrogen (secondary N) is 3. The molecule has 0 radical (unpaired) electrons. The van der Waals surface area contributed by atoms with Gasteiger partial charge in [-0.15, -0.1) is 0 Å². The molecule has 1 saturated heterocycles. The maximum absolute atomic E-state index is 12.9. The van der Waals surface area contributed by atoms with E-state index < -0.39 is 17.5 Å². The minimum Gasteiger partial charge on any atom is -0.324 e. The van der Waals surface area contributed by atoms with Crippen LogP contribution in [0.4, 0.5) is 4.79 Å². The predicted molar refractivity (Wildman–Crippen MR) is 113 cm³/mol. The van der Waals surface area contributed by atoms with Crippen molar-refractivity contribution in [1.82, 2.24) is 15.8 Å². The monoisotopic (exact) mass is 409 g/mol. The van der Waals surface area contributed by atoms with Gasteiger partial charge in [0.05, 0.1) is 6.54 Å². The molecule has 2 aromatic rings. The summed E-state index contributed by atoms with van der Waals surface area (Å²) in [5.41, 5.74) is 3.67. The van der Waals surface area contributed by atoms with Crippen LogP contribution in [-0.2, 0) is 22.6 Å². The van der Waals surface area contributed by atoms with E-state index in [0.717, 1.165) is 27.6 Å². The van der Waals surface area contributed by atoms with Crippen molar-refractivity contribution in [2.45, 2.75) is 38.8 Å². The highest BCUT2D eigenvalue weighted by atomic mass is 16.2. The lowest BCUT2D eigenvalue weighted by Crippen LogP contribution is -3.11. The first-order valence-corrected chi connectivity index (χ1v) is 10.3. The highest BCUT2D eigenvalue weighted by Gasteiger charge is 2.48. The van der Waals surface area contributed by atoms with E-state index in [-0.39, 0.29) is 12.5 Å². The first kappa shape index (κ1) is 21.5. The molecule has 0 spiro atoms. The summed E-state index contributed by atoms with van der Waals surface area (Å²) in [5.74, 6) is -0.795. The van der Waals surface area contributed by atoms with Gasteiger partial charge in [0.2, 0.25) is 0 Å². The number of hydrogen-bond acceptors (Lipinski definition) is 3. The number of nitrogens with zero attached hydrogens (tertiary/aromatic N) is 1. The molecule has 7 heteroatoms. The number of imide groups is 1. The Labute approximate surface area is 177 Å². The molecule has 7 nitrogen and oxygen atoms in total. The van der Waals surface area contributed by atoms with E-state index in [1.54, 1.807) is 6.92 Å². The third-order valence-electron chi connectivity index (χ3n) is 5.46. The van der Waals surface area contributed by atoms with Crippen LogP contribution in [0.15, 0.2) is 60.7 Å². The third-order valence-corrected chi connectivity index (χ3v) is 5.46. The molecule has 2 aromatic carbocycles. The Kier molecular flexibility index (Phi) is 6.84. The predicted octanol–water partition coefficient (Wildman–Crippen LogP) is 1.07. The number of quaternary nitrogens is 1. The summed E-state index contributed by atoms with van der Waals surface area (Å²) in [4.78, 5) is 38.8. The van der Waals surface area contributed by atoms with Crippen LogP contribution in [0.2, 0.25) is 0 Å². The van der Waals surface area contributed by atoms with E-state index in [9.17, 15) is 14.4 Å². The Bertz CT molecular complexity index is 888. The normalized spacial score (nSPS) is 19.5. The van der Waals surface area contributed by atoms with E-state index in [0.29, 0.717) is 19.4 Å². The lowest BCUT2D eigenvalue weighted by atomic mass is 9.93. The van der Waals surface area contributed by atoms with Gasteiger partial charge in [0.25, 0.3) is 11.8 Å². The van der Waals surface area contributed by atoms with Gasteiger partial charge in [0.15, 0.2) is 6.54 Å². The summed E-state index contributed by atoms with van der Waals surface area (Å²) in [6, 6.07) is 19.1. The summed E-state index contributed by atoms with van der Waals surface area (Å²) >= 11 is 0. The van der Waals surface area contributed by atoms with E-state index >= 15 is 0 Å². The molecule has 1 fully saturated rings. The van der Waals surface area contributed by atoms with E-state index in [2.05, 4.69) is 10.7 Å². The van der Waals surface area contributed by atoms with Crippen LogP contribution in [0.25, 0.3) is 0 Å². The lowest BCUT2D eigenvalue weighted by Gasteiger charge is -2.22. The number of hydrogen-bond donors (Lipinski definition) is 3. The van der Waals surface area contributed by atoms with Gasteiger partial charge < -0.3 is 10.2 Å². The fraction of sp³-hybridized carbons (Fsp3) is 0.348. The molecule has 1 aliphatic heterocycles. The van der Waals surface area contributed by atoms with Crippen LogP contribution in [-0.4, -0.2) is 41.5 Å². The molecule has 4 amide bonds. The van der Waals surface area contributed by atoms with Gasteiger partial charge in [-0.1, -0.05) is 60.7 Å². The zero-order valence-corrected chi connectivity index (χ0v) is 17.5. The summed E-state index contributed by atoms with van der Waals surface area (Å²) in [6.45, 7) is 5.31. The first-order chi connectivity index (χ1) is 14.4. The van der Waals surface area contributed by atoms with Crippen LogP contribution in [0, 0.1) is 0 Å². The third kappa shape index (κ3) is 5.24. The van der Waals surface area contributed by atoms with Crippen molar-refractivity contribution < 1.29 is 19.3 Å². The maximum atomic E-state index is 12.9. The van der Waals surface area contributed by atoms with Crippen LogP contribution >= 0.6 is 0 Å². The standard InChI is InChI=1S/C23H28N4O3/c1-3-26(16-19-12-8-5-9-13-19)17-20(28)25-27-21(29)23(2,24-22(27)30)15-14-18-10-6-4-7-11-18/h4-13H,3,14-17H2,1-2H3,(H,24,30)(H,25,28)/p+1/t23-/m1/s1. The number of amides is 4. The van der Waals surface area contributed by atoms with Crippen molar-refractivity contribution in [2.75, 3.05) is 13.1 Å². The molecule has 1 heterocycles. The first-order valence-electron chi connectivity index (χ1n) is 10.3. The van der Waals surface area contributed by atoms with Gasteiger partial charge in [0, 0.05) is 5.56 Å².